The first-order chi connectivity index (χ1) is 12.3. The van der Waals surface area contributed by atoms with Crippen LogP contribution >= 0.6 is 0 Å². The first-order valence-electron chi connectivity index (χ1n) is 7.72. The number of para-hydroxylation sites is 1. The molecule has 0 saturated carbocycles. The molecule has 0 fully saturated rings. The van der Waals surface area contributed by atoms with Crippen molar-refractivity contribution in [2.45, 2.75) is 6.42 Å². The van der Waals surface area contributed by atoms with Crippen molar-refractivity contribution in [2.75, 3.05) is 6.54 Å². The number of pyridine rings is 1. The number of hydrogen-bond acceptors (Lipinski definition) is 6. The summed E-state index contributed by atoms with van der Waals surface area (Å²) < 4.78 is 3.36. The highest BCUT2D eigenvalue weighted by atomic mass is 16.1. The summed E-state index contributed by atoms with van der Waals surface area (Å²) in [7, 11) is 0. The number of aromatic nitrogens is 7. The number of benzene rings is 1. The predicted octanol–water partition coefficient (Wildman–Crippen LogP) is 0.677. The smallest absolute Gasteiger partial charge is 0.253 e. The lowest BCUT2D eigenvalue weighted by Crippen LogP contribution is -2.27. The maximum Gasteiger partial charge on any atom is 0.253 e. The summed E-state index contributed by atoms with van der Waals surface area (Å²) in [6.45, 7) is 0.443. The Bertz CT molecular complexity index is 1010. The van der Waals surface area contributed by atoms with E-state index in [1.165, 1.54) is 11.0 Å². The molecule has 1 amide bonds. The molecule has 1 aromatic carbocycles. The second kappa shape index (κ2) is 6.48. The van der Waals surface area contributed by atoms with Crippen molar-refractivity contribution in [2.24, 2.45) is 0 Å². The van der Waals surface area contributed by atoms with Gasteiger partial charge in [0.15, 0.2) is 5.65 Å². The number of carbonyl (C=O) groups excluding carboxylic acids is 1. The van der Waals surface area contributed by atoms with Crippen LogP contribution in [0.15, 0.2) is 55.0 Å². The van der Waals surface area contributed by atoms with Gasteiger partial charge in [-0.2, -0.15) is 4.68 Å². The molecule has 1 N–H and O–H groups in total. The van der Waals surface area contributed by atoms with E-state index in [-0.39, 0.29) is 5.91 Å². The van der Waals surface area contributed by atoms with Crippen LogP contribution in [-0.2, 0) is 6.42 Å². The Labute approximate surface area is 142 Å². The zero-order chi connectivity index (χ0) is 17.1. The van der Waals surface area contributed by atoms with Crippen LogP contribution in [0.3, 0.4) is 0 Å². The second-order valence-corrected chi connectivity index (χ2v) is 5.32. The summed E-state index contributed by atoms with van der Waals surface area (Å²) in [4.78, 5) is 12.5. The van der Waals surface area contributed by atoms with Crippen LogP contribution in [0.25, 0.3) is 11.3 Å². The van der Waals surface area contributed by atoms with Crippen molar-refractivity contribution in [1.29, 1.82) is 0 Å². The van der Waals surface area contributed by atoms with Crippen molar-refractivity contribution in [1.82, 2.24) is 40.1 Å². The fourth-order valence-electron chi connectivity index (χ4n) is 2.58. The third kappa shape index (κ3) is 2.94. The second-order valence-electron chi connectivity index (χ2n) is 5.32. The SMILES string of the molecule is O=C(NCCc1nnc2ccccn12)c1ccccc1-n1cnnn1. The minimum atomic E-state index is -0.195. The molecular formula is C16H14N8O. The summed E-state index contributed by atoms with van der Waals surface area (Å²) in [5, 5.41) is 22.2. The molecule has 0 aliphatic heterocycles. The zero-order valence-electron chi connectivity index (χ0n) is 13.1. The fourth-order valence-corrected chi connectivity index (χ4v) is 2.58. The van der Waals surface area contributed by atoms with E-state index in [9.17, 15) is 4.79 Å². The zero-order valence-corrected chi connectivity index (χ0v) is 13.1. The summed E-state index contributed by atoms with van der Waals surface area (Å²) in [6.07, 6.45) is 3.93. The lowest BCUT2D eigenvalue weighted by Gasteiger charge is -2.09. The summed E-state index contributed by atoms with van der Waals surface area (Å²) in [6, 6.07) is 12.9. The lowest BCUT2D eigenvalue weighted by molar-refractivity contribution is 0.0954. The lowest BCUT2D eigenvalue weighted by atomic mass is 10.1. The first kappa shape index (κ1) is 14.9. The Kier molecular flexibility index (Phi) is 3.87. The number of nitrogens with one attached hydrogen (secondary N) is 1. The van der Waals surface area contributed by atoms with Gasteiger partial charge in [0, 0.05) is 19.2 Å². The molecule has 25 heavy (non-hydrogen) atoms. The van der Waals surface area contributed by atoms with Crippen molar-refractivity contribution in [3.63, 3.8) is 0 Å². The van der Waals surface area contributed by atoms with Crippen molar-refractivity contribution in [3.05, 3.63) is 66.4 Å². The molecule has 0 aliphatic carbocycles. The number of amides is 1. The molecule has 0 saturated heterocycles. The molecule has 0 radical (unpaired) electrons. The number of nitrogens with zero attached hydrogens (tertiary/aromatic N) is 7. The van der Waals surface area contributed by atoms with Gasteiger partial charge in [-0.3, -0.25) is 9.20 Å². The molecule has 4 aromatic rings. The van der Waals surface area contributed by atoms with Gasteiger partial charge < -0.3 is 5.32 Å². The van der Waals surface area contributed by atoms with Gasteiger partial charge >= 0.3 is 0 Å². The van der Waals surface area contributed by atoms with E-state index in [2.05, 4.69) is 31.0 Å². The van der Waals surface area contributed by atoms with Crippen LogP contribution in [0.4, 0.5) is 0 Å². The van der Waals surface area contributed by atoms with Gasteiger partial charge in [-0.25, -0.2) is 0 Å². The molecule has 0 spiro atoms. The van der Waals surface area contributed by atoms with Crippen molar-refractivity contribution in [3.8, 4) is 5.69 Å². The topological polar surface area (TPSA) is 103 Å². The Balaban J connectivity index is 1.46. The van der Waals surface area contributed by atoms with E-state index in [0.717, 1.165) is 11.5 Å². The summed E-state index contributed by atoms with van der Waals surface area (Å²) >= 11 is 0. The minimum absolute atomic E-state index is 0.195. The molecule has 3 aromatic heterocycles. The maximum atomic E-state index is 12.5. The molecule has 4 rings (SSSR count). The number of tetrazole rings is 1. The van der Waals surface area contributed by atoms with E-state index in [0.29, 0.717) is 24.2 Å². The van der Waals surface area contributed by atoms with Gasteiger partial charge in [-0.05, 0) is 34.7 Å². The average Bonchev–Trinajstić information content (AvgIpc) is 3.32. The van der Waals surface area contributed by atoms with Crippen LogP contribution < -0.4 is 5.32 Å². The van der Waals surface area contributed by atoms with E-state index < -0.39 is 0 Å². The summed E-state index contributed by atoms with van der Waals surface area (Å²) in [5.74, 6) is 0.601. The van der Waals surface area contributed by atoms with Gasteiger partial charge in [-0.15, -0.1) is 15.3 Å². The van der Waals surface area contributed by atoms with Gasteiger partial charge in [0.25, 0.3) is 5.91 Å². The van der Waals surface area contributed by atoms with Crippen LogP contribution in [0.1, 0.15) is 16.2 Å². The normalized spacial score (nSPS) is 10.9. The fraction of sp³-hybridized carbons (Fsp3) is 0.125. The number of fused-ring (bicyclic) bond motifs is 1. The van der Waals surface area contributed by atoms with Gasteiger partial charge in [0.2, 0.25) is 0 Å². The quantitative estimate of drug-likeness (QED) is 0.576. The van der Waals surface area contributed by atoms with Crippen molar-refractivity contribution >= 4 is 11.6 Å². The molecule has 3 heterocycles. The molecule has 9 nitrogen and oxygen atoms in total. The van der Waals surface area contributed by atoms with Gasteiger partial charge in [0.1, 0.15) is 12.2 Å². The number of hydrogen-bond donors (Lipinski definition) is 1. The third-order valence-corrected chi connectivity index (χ3v) is 3.76. The Morgan fingerprint density at radius 1 is 1.08 bits per heavy atom. The number of carbonyl (C=O) groups is 1. The monoisotopic (exact) mass is 334 g/mol. The molecule has 9 heteroatoms. The standard InChI is InChI=1S/C16H14N8O/c25-16(12-5-1-2-6-13(12)24-11-18-21-22-24)17-9-8-15-20-19-14-7-3-4-10-23(14)15/h1-7,10-11H,8-9H2,(H,17,25). The molecule has 0 aliphatic rings. The van der Waals surface area contributed by atoms with E-state index in [1.807, 2.05) is 34.9 Å². The Hall–Kier alpha value is -3.62. The van der Waals surface area contributed by atoms with Crippen molar-refractivity contribution < 1.29 is 4.79 Å². The first-order valence-corrected chi connectivity index (χ1v) is 7.72. The molecule has 0 bridgehead atoms. The average molecular weight is 334 g/mol. The molecule has 0 atom stereocenters. The van der Waals surface area contributed by atoms with Crippen LogP contribution in [-0.4, -0.2) is 47.3 Å². The summed E-state index contributed by atoms with van der Waals surface area (Å²) in [5.41, 5.74) is 1.91. The predicted molar refractivity (Wildman–Crippen MR) is 88.2 cm³/mol. The van der Waals surface area contributed by atoms with E-state index in [1.54, 1.807) is 18.2 Å². The largest absolute Gasteiger partial charge is 0.352 e. The molecule has 0 unspecified atom stereocenters. The molecular weight excluding hydrogens is 320 g/mol. The van der Waals surface area contributed by atoms with Crippen LogP contribution in [0, 0.1) is 0 Å². The Morgan fingerprint density at radius 2 is 1.96 bits per heavy atom. The highest BCUT2D eigenvalue weighted by Crippen LogP contribution is 2.12. The van der Waals surface area contributed by atoms with Crippen LogP contribution in [0.2, 0.25) is 0 Å². The van der Waals surface area contributed by atoms with E-state index in [4.69, 9.17) is 0 Å². The van der Waals surface area contributed by atoms with Gasteiger partial charge in [-0.1, -0.05) is 18.2 Å². The van der Waals surface area contributed by atoms with E-state index >= 15 is 0 Å². The Morgan fingerprint density at radius 3 is 2.84 bits per heavy atom. The maximum absolute atomic E-state index is 12.5. The van der Waals surface area contributed by atoms with Gasteiger partial charge in [0.05, 0.1) is 11.3 Å². The number of rotatable bonds is 5. The highest BCUT2D eigenvalue weighted by molar-refractivity contribution is 5.97. The minimum Gasteiger partial charge on any atom is -0.352 e. The highest BCUT2D eigenvalue weighted by Gasteiger charge is 2.13. The van der Waals surface area contributed by atoms with Crippen LogP contribution in [0.5, 0.6) is 0 Å². The molecule has 124 valence electrons. The third-order valence-electron chi connectivity index (χ3n) is 3.76.